The topological polar surface area (TPSA) is 75.6 Å². The minimum absolute atomic E-state index is 0.113. The molecule has 1 aromatic rings. The number of ether oxygens (including phenoxy) is 1. The molecule has 5 heteroatoms. The average Bonchev–Trinajstić information content (AvgIpc) is 2.25. The Bertz CT molecular complexity index is 417. The first kappa shape index (κ1) is 13.0. The highest BCUT2D eigenvalue weighted by molar-refractivity contribution is 5.90. The van der Waals surface area contributed by atoms with Crippen LogP contribution in [0.25, 0.3) is 0 Å². The lowest BCUT2D eigenvalue weighted by molar-refractivity contribution is -0.119. The molecule has 1 amide bonds. The van der Waals surface area contributed by atoms with Crippen LogP contribution in [0.1, 0.15) is 24.2 Å². The van der Waals surface area contributed by atoms with Gasteiger partial charge in [0.05, 0.1) is 6.04 Å². The SMILES string of the molecule is CC(=O)N[C@@H](C)COc1ccccc1C(=O)O. The molecule has 1 rings (SSSR count). The van der Waals surface area contributed by atoms with Crippen LogP contribution in [0.3, 0.4) is 0 Å². The van der Waals surface area contributed by atoms with Crippen LogP contribution in [-0.2, 0) is 4.79 Å². The van der Waals surface area contributed by atoms with Gasteiger partial charge in [0.1, 0.15) is 17.9 Å². The predicted octanol–water partition coefficient (Wildman–Crippen LogP) is 1.29. The summed E-state index contributed by atoms with van der Waals surface area (Å²) in [5.74, 6) is -0.877. The molecule has 5 nitrogen and oxygen atoms in total. The highest BCUT2D eigenvalue weighted by Gasteiger charge is 2.11. The lowest BCUT2D eigenvalue weighted by atomic mass is 10.2. The van der Waals surface area contributed by atoms with E-state index in [0.717, 1.165) is 0 Å². The van der Waals surface area contributed by atoms with Gasteiger partial charge in [-0.15, -0.1) is 0 Å². The van der Waals surface area contributed by atoms with Crippen LogP contribution in [0.15, 0.2) is 24.3 Å². The number of nitrogens with one attached hydrogen (secondary N) is 1. The van der Waals surface area contributed by atoms with E-state index in [2.05, 4.69) is 5.32 Å². The monoisotopic (exact) mass is 237 g/mol. The van der Waals surface area contributed by atoms with E-state index in [9.17, 15) is 9.59 Å². The van der Waals surface area contributed by atoms with Gasteiger partial charge in [0.2, 0.25) is 5.91 Å². The molecule has 0 aliphatic heterocycles. The first-order valence-electron chi connectivity index (χ1n) is 5.23. The summed E-state index contributed by atoms with van der Waals surface area (Å²) in [7, 11) is 0. The van der Waals surface area contributed by atoms with Gasteiger partial charge in [-0.05, 0) is 19.1 Å². The number of para-hydroxylation sites is 1. The zero-order valence-corrected chi connectivity index (χ0v) is 9.77. The highest BCUT2D eigenvalue weighted by Crippen LogP contribution is 2.17. The molecule has 92 valence electrons. The number of hydrogen-bond donors (Lipinski definition) is 2. The summed E-state index contributed by atoms with van der Waals surface area (Å²) in [6.07, 6.45) is 0. The van der Waals surface area contributed by atoms with Crippen LogP contribution in [0.4, 0.5) is 0 Å². The van der Waals surface area contributed by atoms with Crippen LogP contribution in [-0.4, -0.2) is 29.6 Å². The van der Waals surface area contributed by atoms with E-state index >= 15 is 0 Å². The zero-order chi connectivity index (χ0) is 12.8. The molecule has 0 unspecified atom stereocenters. The van der Waals surface area contributed by atoms with Crippen molar-refractivity contribution in [3.63, 3.8) is 0 Å². The molecule has 0 bridgehead atoms. The van der Waals surface area contributed by atoms with Crippen molar-refractivity contribution in [3.8, 4) is 5.75 Å². The second-order valence-corrected chi connectivity index (χ2v) is 3.71. The molecule has 17 heavy (non-hydrogen) atoms. The van der Waals surface area contributed by atoms with Gasteiger partial charge in [-0.1, -0.05) is 12.1 Å². The first-order chi connectivity index (χ1) is 8.00. The van der Waals surface area contributed by atoms with Crippen molar-refractivity contribution in [1.82, 2.24) is 5.32 Å². The van der Waals surface area contributed by atoms with Gasteiger partial charge < -0.3 is 15.2 Å². The summed E-state index contributed by atoms with van der Waals surface area (Å²) in [5, 5.41) is 11.6. The predicted molar refractivity (Wildman–Crippen MR) is 62.2 cm³/mol. The molecule has 0 spiro atoms. The van der Waals surface area contributed by atoms with E-state index < -0.39 is 5.97 Å². The Kier molecular flexibility index (Phi) is 4.51. The summed E-state index contributed by atoms with van der Waals surface area (Å²) in [5.41, 5.74) is 0.113. The molecule has 0 aromatic heterocycles. The third-order valence-corrected chi connectivity index (χ3v) is 2.06. The van der Waals surface area contributed by atoms with Gasteiger partial charge in [0, 0.05) is 6.92 Å². The minimum atomic E-state index is -1.03. The van der Waals surface area contributed by atoms with Crippen molar-refractivity contribution in [2.45, 2.75) is 19.9 Å². The smallest absolute Gasteiger partial charge is 0.339 e. The maximum Gasteiger partial charge on any atom is 0.339 e. The van der Waals surface area contributed by atoms with Crippen molar-refractivity contribution in [1.29, 1.82) is 0 Å². The molecule has 0 saturated heterocycles. The number of aromatic carboxylic acids is 1. The Labute approximate surface area is 99.4 Å². The number of carbonyl (C=O) groups excluding carboxylic acids is 1. The van der Waals surface area contributed by atoms with Gasteiger partial charge in [0.15, 0.2) is 0 Å². The number of carboxylic acid groups (broad SMARTS) is 1. The van der Waals surface area contributed by atoms with Crippen LogP contribution in [0.5, 0.6) is 5.75 Å². The fraction of sp³-hybridized carbons (Fsp3) is 0.333. The van der Waals surface area contributed by atoms with Gasteiger partial charge in [-0.2, -0.15) is 0 Å². The summed E-state index contributed by atoms with van der Waals surface area (Å²) in [6, 6.07) is 6.22. The van der Waals surface area contributed by atoms with E-state index in [4.69, 9.17) is 9.84 Å². The van der Waals surface area contributed by atoms with E-state index in [1.807, 2.05) is 0 Å². The summed E-state index contributed by atoms with van der Waals surface area (Å²) >= 11 is 0. The van der Waals surface area contributed by atoms with Crippen molar-refractivity contribution < 1.29 is 19.4 Å². The second-order valence-electron chi connectivity index (χ2n) is 3.71. The number of amides is 1. The standard InChI is InChI=1S/C12H15NO4/c1-8(13-9(2)14)7-17-11-6-4-3-5-10(11)12(15)16/h3-6,8H,7H2,1-2H3,(H,13,14)(H,15,16)/t8-/m0/s1. The van der Waals surface area contributed by atoms with Crippen LogP contribution in [0.2, 0.25) is 0 Å². The van der Waals surface area contributed by atoms with Crippen molar-refractivity contribution in [2.75, 3.05) is 6.61 Å². The summed E-state index contributed by atoms with van der Waals surface area (Å²) in [4.78, 5) is 21.7. The van der Waals surface area contributed by atoms with Crippen LogP contribution < -0.4 is 10.1 Å². The Balaban J connectivity index is 2.63. The normalized spacial score (nSPS) is 11.6. The van der Waals surface area contributed by atoms with Crippen molar-refractivity contribution >= 4 is 11.9 Å². The van der Waals surface area contributed by atoms with Gasteiger partial charge in [-0.3, -0.25) is 4.79 Å². The molecule has 0 aliphatic carbocycles. The summed E-state index contributed by atoms with van der Waals surface area (Å²) in [6.45, 7) is 3.43. The lowest BCUT2D eigenvalue weighted by Crippen LogP contribution is -2.35. The van der Waals surface area contributed by atoms with E-state index in [-0.39, 0.29) is 24.1 Å². The molecule has 2 N–H and O–H groups in total. The van der Waals surface area contributed by atoms with E-state index in [0.29, 0.717) is 5.75 Å². The third kappa shape index (κ3) is 4.14. The van der Waals surface area contributed by atoms with E-state index in [1.165, 1.54) is 13.0 Å². The second kappa shape index (κ2) is 5.89. The average molecular weight is 237 g/mol. The third-order valence-electron chi connectivity index (χ3n) is 2.06. The molecule has 0 saturated carbocycles. The minimum Gasteiger partial charge on any atom is -0.491 e. The Morgan fingerprint density at radius 3 is 2.65 bits per heavy atom. The first-order valence-corrected chi connectivity index (χ1v) is 5.23. The zero-order valence-electron chi connectivity index (χ0n) is 9.77. The molecule has 0 radical (unpaired) electrons. The van der Waals surface area contributed by atoms with Gasteiger partial charge >= 0.3 is 5.97 Å². The number of benzene rings is 1. The Hall–Kier alpha value is -2.04. The molecular weight excluding hydrogens is 222 g/mol. The number of carboxylic acids is 1. The maximum absolute atomic E-state index is 10.9. The quantitative estimate of drug-likeness (QED) is 0.809. The van der Waals surface area contributed by atoms with Gasteiger partial charge in [0.25, 0.3) is 0 Å². The number of rotatable bonds is 5. The molecule has 1 atom stereocenters. The van der Waals surface area contributed by atoms with Crippen LogP contribution in [0, 0.1) is 0 Å². The Morgan fingerprint density at radius 1 is 1.41 bits per heavy atom. The van der Waals surface area contributed by atoms with Crippen molar-refractivity contribution in [3.05, 3.63) is 29.8 Å². The number of carbonyl (C=O) groups is 2. The Morgan fingerprint density at radius 2 is 2.06 bits per heavy atom. The van der Waals surface area contributed by atoms with Crippen molar-refractivity contribution in [2.24, 2.45) is 0 Å². The molecule has 0 fully saturated rings. The van der Waals surface area contributed by atoms with Crippen LogP contribution >= 0.6 is 0 Å². The largest absolute Gasteiger partial charge is 0.491 e. The molecule has 1 aromatic carbocycles. The summed E-state index contributed by atoms with van der Waals surface area (Å²) < 4.78 is 5.37. The number of hydrogen-bond acceptors (Lipinski definition) is 3. The lowest BCUT2D eigenvalue weighted by Gasteiger charge is -2.14. The fourth-order valence-electron chi connectivity index (χ4n) is 1.37. The van der Waals surface area contributed by atoms with E-state index in [1.54, 1.807) is 25.1 Å². The maximum atomic E-state index is 10.9. The molecule has 0 heterocycles. The highest BCUT2D eigenvalue weighted by atomic mass is 16.5. The molecular formula is C12H15NO4. The fourth-order valence-corrected chi connectivity index (χ4v) is 1.37. The van der Waals surface area contributed by atoms with Gasteiger partial charge in [-0.25, -0.2) is 4.79 Å². The molecule has 0 aliphatic rings.